The van der Waals surface area contributed by atoms with Gasteiger partial charge in [0.25, 0.3) is 0 Å². The van der Waals surface area contributed by atoms with Gasteiger partial charge in [-0.15, -0.1) is 0 Å². The Hall–Kier alpha value is -1.27. The Balaban J connectivity index is 2.05. The minimum atomic E-state index is -3.14. The number of nitrogens with one attached hydrogen (secondary N) is 1. The van der Waals surface area contributed by atoms with Gasteiger partial charge in [0.2, 0.25) is 0 Å². The number of hydrogen-bond acceptors (Lipinski definition) is 5. The van der Waals surface area contributed by atoms with Gasteiger partial charge in [0, 0.05) is 11.8 Å². The fourth-order valence-electron chi connectivity index (χ4n) is 2.16. The number of aliphatic hydroxyl groups is 1. The third-order valence-electron chi connectivity index (χ3n) is 3.42. The smallest absolute Gasteiger partial charge is 0.155 e. The first-order valence-corrected chi connectivity index (χ1v) is 8.63. The van der Waals surface area contributed by atoms with E-state index < -0.39 is 22.0 Å². The molecule has 0 bridgehead atoms. The minimum absolute atomic E-state index is 0.0371. The van der Waals surface area contributed by atoms with E-state index in [0.29, 0.717) is 0 Å². The number of anilines is 1. The van der Waals surface area contributed by atoms with Crippen LogP contribution in [0, 0.1) is 0 Å². The van der Waals surface area contributed by atoms with Crippen molar-refractivity contribution >= 4 is 15.5 Å². The molecule has 0 spiro atoms. The van der Waals surface area contributed by atoms with Crippen LogP contribution in [0.4, 0.5) is 5.69 Å². The van der Waals surface area contributed by atoms with Crippen molar-refractivity contribution in [3.05, 3.63) is 24.3 Å². The highest BCUT2D eigenvalue weighted by Gasteiger charge is 2.36. The van der Waals surface area contributed by atoms with Crippen molar-refractivity contribution in [1.82, 2.24) is 0 Å². The van der Waals surface area contributed by atoms with Crippen LogP contribution < -0.4 is 10.1 Å². The minimum Gasteiger partial charge on any atom is -0.491 e. The van der Waals surface area contributed by atoms with E-state index in [1.807, 2.05) is 38.1 Å². The summed E-state index contributed by atoms with van der Waals surface area (Å²) in [4.78, 5) is 0. The standard InChI is InChI=1S/C14H21NO4S/c1-3-10(2)19-12-6-4-5-11(7-12)15-13-8-20(17,18)9-14(13)16/h4-7,10,13-16H,3,8-9H2,1-2H3. The van der Waals surface area contributed by atoms with Gasteiger partial charge in [0.1, 0.15) is 5.75 Å². The highest BCUT2D eigenvalue weighted by Crippen LogP contribution is 2.22. The second kappa shape index (κ2) is 6.01. The molecule has 1 aliphatic rings. The molecule has 6 heteroatoms. The summed E-state index contributed by atoms with van der Waals surface area (Å²) in [7, 11) is -3.14. The number of hydrogen-bond donors (Lipinski definition) is 2. The average Bonchev–Trinajstić information content (AvgIpc) is 2.62. The summed E-state index contributed by atoms with van der Waals surface area (Å²) in [5, 5.41) is 12.8. The molecule has 2 rings (SSSR count). The molecular formula is C14H21NO4S. The van der Waals surface area contributed by atoms with Crippen molar-refractivity contribution in [2.45, 2.75) is 38.5 Å². The van der Waals surface area contributed by atoms with Crippen LogP contribution in [-0.2, 0) is 9.84 Å². The van der Waals surface area contributed by atoms with Gasteiger partial charge in [-0.25, -0.2) is 8.42 Å². The molecule has 1 heterocycles. The van der Waals surface area contributed by atoms with Crippen molar-refractivity contribution in [1.29, 1.82) is 0 Å². The summed E-state index contributed by atoms with van der Waals surface area (Å²) < 4.78 is 28.7. The van der Waals surface area contributed by atoms with Crippen molar-refractivity contribution in [2.75, 3.05) is 16.8 Å². The molecule has 3 unspecified atom stereocenters. The maximum Gasteiger partial charge on any atom is 0.155 e. The molecule has 5 nitrogen and oxygen atoms in total. The van der Waals surface area contributed by atoms with E-state index in [9.17, 15) is 13.5 Å². The molecule has 1 saturated heterocycles. The number of ether oxygens (including phenoxy) is 1. The van der Waals surface area contributed by atoms with Crippen LogP contribution in [0.1, 0.15) is 20.3 Å². The summed E-state index contributed by atoms with van der Waals surface area (Å²) in [6.07, 6.45) is 0.180. The molecule has 1 aromatic rings. The fourth-order valence-corrected chi connectivity index (χ4v) is 3.90. The summed E-state index contributed by atoms with van der Waals surface area (Å²) >= 11 is 0. The molecule has 0 aromatic heterocycles. The molecule has 2 N–H and O–H groups in total. The van der Waals surface area contributed by atoms with E-state index in [0.717, 1.165) is 17.9 Å². The summed E-state index contributed by atoms with van der Waals surface area (Å²) in [5.74, 6) is 0.526. The molecule has 0 saturated carbocycles. The predicted octanol–water partition coefficient (Wildman–Crippen LogP) is 1.43. The number of rotatable bonds is 5. The summed E-state index contributed by atoms with van der Waals surface area (Å²) in [5.41, 5.74) is 0.756. The lowest BCUT2D eigenvalue weighted by molar-refractivity contribution is 0.190. The molecular weight excluding hydrogens is 278 g/mol. The molecule has 1 aliphatic heterocycles. The van der Waals surface area contributed by atoms with Crippen LogP contribution in [0.2, 0.25) is 0 Å². The third kappa shape index (κ3) is 3.86. The average molecular weight is 299 g/mol. The van der Waals surface area contributed by atoms with E-state index in [-0.39, 0.29) is 17.6 Å². The summed E-state index contributed by atoms with van der Waals surface area (Å²) in [6, 6.07) is 6.90. The molecule has 112 valence electrons. The highest BCUT2D eigenvalue weighted by atomic mass is 32.2. The normalized spacial score (nSPS) is 26.1. The lowest BCUT2D eigenvalue weighted by atomic mass is 10.2. The van der Waals surface area contributed by atoms with Gasteiger partial charge in [0.05, 0.1) is 29.8 Å². The van der Waals surface area contributed by atoms with Gasteiger partial charge in [-0.1, -0.05) is 13.0 Å². The van der Waals surface area contributed by atoms with E-state index in [1.165, 1.54) is 0 Å². The number of sulfone groups is 1. The van der Waals surface area contributed by atoms with E-state index >= 15 is 0 Å². The van der Waals surface area contributed by atoms with E-state index in [2.05, 4.69) is 5.32 Å². The molecule has 3 atom stereocenters. The van der Waals surface area contributed by atoms with E-state index in [1.54, 1.807) is 0 Å². The Morgan fingerprint density at radius 2 is 2.20 bits per heavy atom. The Bertz CT molecular complexity index is 558. The Morgan fingerprint density at radius 1 is 1.45 bits per heavy atom. The molecule has 20 heavy (non-hydrogen) atoms. The van der Waals surface area contributed by atoms with Gasteiger partial charge in [-0.05, 0) is 25.5 Å². The van der Waals surface area contributed by atoms with Crippen LogP contribution in [0.3, 0.4) is 0 Å². The first-order valence-electron chi connectivity index (χ1n) is 6.81. The SMILES string of the molecule is CCC(C)Oc1cccc(NC2CS(=O)(=O)CC2O)c1. The van der Waals surface area contributed by atoms with Crippen LogP contribution >= 0.6 is 0 Å². The van der Waals surface area contributed by atoms with Crippen molar-refractivity contribution in [3.63, 3.8) is 0 Å². The van der Waals surface area contributed by atoms with Crippen molar-refractivity contribution in [2.24, 2.45) is 0 Å². The van der Waals surface area contributed by atoms with Gasteiger partial charge < -0.3 is 15.2 Å². The van der Waals surface area contributed by atoms with Gasteiger partial charge >= 0.3 is 0 Å². The zero-order valence-electron chi connectivity index (χ0n) is 11.7. The zero-order chi connectivity index (χ0) is 14.8. The monoisotopic (exact) mass is 299 g/mol. The number of aliphatic hydroxyl groups excluding tert-OH is 1. The van der Waals surface area contributed by atoms with Gasteiger partial charge in [-0.2, -0.15) is 0 Å². The second-order valence-electron chi connectivity index (χ2n) is 5.26. The molecule has 0 amide bonds. The molecule has 0 radical (unpaired) electrons. The lowest BCUT2D eigenvalue weighted by Crippen LogP contribution is -2.31. The quantitative estimate of drug-likeness (QED) is 0.860. The largest absolute Gasteiger partial charge is 0.491 e. The molecule has 1 fully saturated rings. The highest BCUT2D eigenvalue weighted by molar-refractivity contribution is 7.91. The van der Waals surface area contributed by atoms with Gasteiger partial charge in [-0.3, -0.25) is 0 Å². The second-order valence-corrected chi connectivity index (χ2v) is 7.41. The van der Waals surface area contributed by atoms with Crippen LogP contribution in [-0.4, -0.2) is 43.3 Å². The van der Waals surface area contributed by atoms with Crippen molar-refractivity contribution < 1.29 is 18.3 Å². The lowest BCUT2D eigenvalue weighted by Gasteiger charge is -2.18. The zero-order valence-corrected chi connectivity index (χ0v) is 12.6. The summed E-state index contributed by atoms with van der Waals surface area (Å²) in [6.45, 7) is 4.04. The van der Waals surface area contributed by atoms with Crippen molar-refractivity contribution in [3.8, 4) is 5.75 Å². The fraction of sp³-hybridized carbons (Fsp3) is 0.571. The molecule has 1 aromatic carbocycles. The van der Waals surface area contributed by atoms with Gasteiger partial charge in [0.15, 0.2) is 9.84 Å². The maximum absolute atomic E-state index is 11.5. The first kappa shape index (κ1) is 15.1. The van der Waals surface area contributed by atoms with Crippen LogP contribution in [0.15, 0.2) is 24.3 Å². The maximum atomic E-state index is 11.5. The van der Waals surface area contributed by atoms with Crippen LogP contribution in [0.5, 0.6) is 5.75 Å². The van der Waals surface area contributed by atoms with E-state index in [4.69, 9.17) is 4.74 Å². The topological polar surface area (TPSA) is 75.6 Å². The third-order valence-corrected chi connectivity index (χ3v) is 5.14. The first-order chi connectivity index (χ1) is 9.39. The molecule has 0 aliphatic carbocycles. The Labute approximate surface area is 119 Å². The number of benzene rings is 1. The Kier molecular flexibility index (Phi) is 4.55. The Morgan fingerprint density at radius 3 is 2.80 bits per heavy atom. The van der Waals surface area contributed by atoms with Crippen LogP contribution in [0.25, 0.3) is 0 Å². The predicted molar refractivity (Wildman–Crippen MR) is 78.9 cm³/mol.